The average Bonchev–Trinajstić information content (AvgIpc) is 2.26. The maximum absolute atomic E-state index is 11.9. The van der Waals surface area contributed by atoms with Gasteiger partial charge in [-0.05, 0) is 31.6 Å². The summed E-state index contributed by atoms with van der Waals surface area (Å²) in [4.78, 5) is 11.9. The van der Waals surface area contributed by atoms with Crippen molar-refractivity contribution in [1.82, 2.24) is 0 Å². The molecule has 2 unspecified atom stereocenters. The van der Waals surface area contributed by atoms with Gasteiger partial charge in [-0.15, -0.1) is 0 Å². The number of carbonyl (C=O) groups excluding carboxylic acids is 1. The van der Waals surface area contributed by atoms with Crippen molar-refractivity contribution >= 4 is 5.78 Å². The number of ether oxygens (including phenoxy) is 1. The molecule has 0 aromatic rings. The summed E-state index contributed by atoms with van der Waals surface area (Å²) >= 11 is 0. The van der Waals surface area contributed by atoms with Gasteiger partial charge in [-0.2, -0.15) is 5.26 Å². The van der Waals surface area contributed by atoms with Crippen molar-refractivity contribution in [2.45, 2.75) is 45.6 Å². The molecule has 0 saturated carbocycles. The molecular formula is C12H19NO2. The van der Waals surface area contributed by atoms with Crippen LogP contribution < -0.4 is 0 Å². The second-order valence-electron chi connectivity index (χ2n) is 4.57. The molecule has 15 heavy (non-hydrogen) atoms. The third kappa shape index (κ3) is 3.64. The van der Waals surface area contributed by atoms with Gasteiger partial charge in [0, 0.05) is 6.61 Å². The molecule has 1 saturated heterocycles. The minimum atomic E-state index is -0.479. The zero-order valence-electron chi connectivity index (χ0n) is 9.53. The van der Waals surface area contributed by atoms with Gasteiger partial charge in [0.1, 0.15) is 12.0 Å². The van der Waals surface area contributed by atoms with E-state index in [1.54, 1.807) is 0 Å². The van der Waals surface area contributed by atoms with Crippen LogP contribution in [0, 0.1) is 23.2 Å². The maximum atomic E-state index is 11.9. The van der Waals surface area contributed by atoms with Gasteiger partial charge < -0.3 is 4.74 Å². The lowest BCUT2D eigenvalue weighted by Gasteiger charge is -2.23. The van der Waals surface area contributed by atoms with Gasteiger partial charge in [0.05, 0.1) is 6.07 Å². The number of rotatable bonds is 4. The Morgan fingerprint density at radius 3 is 2.73 bits per heavy atom. The standard InChI is InChI=1S/C12H19NO2/c1-9(2)7-10(8-13)12(14)11-5-3-4-6-15-11/h9-11H,3-7H2,1-2H3. The predicted molar refractivity (Wildman–Crippen MR) is 57.2 cm³/mol. The van der Waals surface area contributed by atoms with E-state index in [1.165, 1.54) is 0 Å². The number of nitriles is 1. The number of nitrogens with zero attached hydrogens (tertiary/aromatic N) is 1. The molecule has 1 heterocycles. The number of ketones is 1. The lowest BCUT2D eigenvalue weighted by Crippen LogP contribution is -2.33. The highest BCUT2D eigenvalue weighted by molar-refractivity contribution is 5.87. The zero-order valence-corrected chi connectivity index (χ0v) is 9.53. The molecule has 3 nitrogen and oxygen atoms in total. The van der Waals surface area contributed by atoms with Crippen LogP contribution in [0.1, 0.15) is 39.5 Å². The molecule has 1 fully saturated rings. The van der Waals surface area contributed by atoms with E-state index < -0.39 is 5.92 Å². The molecule has 0 N–H and O–H groups in total. The highest BCUT2D eigenvalue weighted by atomic mass is 16.5. The summed E-state index contributed by atoms with van der Waals surface area (Å²) in [5.74, 6) is -0.110. The smallest absolute Gasteiger partial charge is 0.178 e. The lowest BCUT2D eigenvalue weighted by molar-refractivity contribution is -0.136. The van der Waals surface area contributed by atoms with Crippen LogP contribution in [-0.2, 0) is 9.53 Å². The Labute approximate surface area is 91.4 Å². The minimum Gasteiger partial charge on any atom is -0.370 e. The minimum absolute atomic E-state index is 0.00843. The fourth-order valence-electron chi connectivity index (χ4n) is 1.89. The summed E-state index contributed by atoms with van der Waals surface area (Å²) in [6.45, 7) is 4.72. The molecule has 1 aliphatic heterocycles. The monoisotopic (exact) mass is 209 g/mol. The SMILES string of the molecule is CC(C)CC(C#N)C(=O)C1CCCCO1. The maximum Gasteiger partial charge on any atom is 0.178 e. The normalized spacial score (nSPS) is 23.5. The summed E-state index contributed by atoms with van der Waals surface area (Å²) in [5.41, 5.74) is 0. The number of hydrogen-bond donors (Lipinski definition) is 0. The fourth-order valence-corrected chi connectivity index (χ4v) is 1.89. The number of carbonyl (C=O) groups is 1. The predicted octanol–water partition coefficient (Wildman–Crippen LogP) is 2.31. The van der Waals surface area contributed by atoms with Crippen molar-refractivity contribution in [1.29, 1.82) is 5.26 Å². The van der Waals surface area contributed by atoms with Crippen molar-refractivity contribution in [2.24, 2.45) is 11.8 Å². The molecule has 0 amide bonds. The molecular weight excluding hydrogens is 190 g/mol. The first-order chi connectivity index (χ1) is 7.15. The van der Waals surface area contributed by atoms with Gasteiger partial charge in [-0.25, -0.2) is 0 Å². The molecule has 0 aromatic heterocycles. The van der Waals surface area contributed by atoms with Crippen LogP contribution in [0.4, 0.5) is 0 Å². The summed E-state index contributed by atoms with van der Waals surface area (Å²) in [6.07, 6.45) is 3.19. The van der Waals surface area contributed by atoms with Crippen LogP contribution >= 0.6 is 0 Å². The number of Topliss-reactive ketones (excluding diaryl/α,β-unsaturated/α-hetero) is 1. The van der Waals surface area contributed by atoms with E-state index in [9.17, 15) is 4.79 Å². The second-order valence-corrected chi connectivity index (χ2v) is 4.57. The molecule has 0 spiro atoms. The molecule has 1 rings (SSSR count). The Bertz CT molecular complexity index is 249. The quantitative estimate of drug-likeness (QED) is 0.714. The Hall–Kier alpha value is -0.880. The molecule has 3 heteroatoms. The Balaban J connectivity index is 2.52. The third-order valence-electron chi connectivity index (χ3n) is 2.70. The zero-order chi connectivity index (χ0) is 11.3. The second kappa shape index (κ2) is 5.87. The van der Waals surface area contributed by atoms with Gasteiger partial charge in [0.2, 0.25) is 0 Å². The molecule has 0 aliphatic carbocycles. The fraction of sp³-hybridized carbons (Fsp3) is 0.833. The first-order valence-electron chi connectivity index (χ1n) is 5.70. The summed E-state index contributed by atoms with van der Waals surface area (Å²) in [7, 11) is 0. The molecule has 0 bridgehead atoms. The lowest BCUT2D eigenvalue weighted by atomic mass is 9.90. The van der Waals surface area contributed by atoms with Crippen LogP contribution in [0.25, 0.3) is 0 Å². The van der Waals surface area contributed by atoms with Gasteiger partial charge in [0.15, 0.2) is 5.78 Å². The van der Waals surface area contributed by atoms with Crippen molar-refractivity contribution in [3.8, 4) is 6.07 Å². The van der Waals surface area contributed by atoms with Crippen molar-refractivity contribution in [2.75, 3.05) is 6.61 Å². The van der Waals surface area contributed by atoms with E-state index in [-0.39, 0.29) is 11.9 Å². The first-order valence-corrected chi connectivity index (χ1v) is 5.70. The van der Waals surface area contributed by atoms with E-state index in [1.807, 2.05) is 13.8 Å². The third-order valence-corrected chi connectivity index (χ3v) is 2.70. The first kappa shape index (κ1) is 12.2. The largest absolute Gasteiger partial charge is 0.370 e. The average molecular weight is 209 g/mol. The number of hydrogen-bond acceptors (Lipinski definition) is 3. The molecule has 84 valence electrons. The van der Waals surface area contributed by atoms with Crippen LogP contribution in [-0.4, -0.2) is 18.5 Å². The van der Waals surface area contributed by atoms with Crippen LogP contribution in [0.2, 0.25) is 0 Å². The van der Waals surface area contributed by atoms with E-state index in [0.717, 1.165) is 19.3 Å². The van der Waals surface area contributed by atoms with Crippen LogP contribution in [0.15, 0.2) is 0 Å². The Morgan fingerprint density at radius 1 is 1.53 bits per heavy atom. The molecule has 0 aromatic carbocycles. The molecule has 1 aliphatic rings. The highest BCUT2D eigenvalue weighted by Gasteiger charge is 2.29. The van der Waals surface area contributed by atoms with Gasteiger partial charge in [-0.1, -0.05) is 13.8 Å². The highest BCUT2D eigenvalue weighted by Crippen LogP contribution is 2.20. The summed E-state index contributed by atoms with van der Waals surface area (Å²) in [5, 5.41) is 8.95. The van der Waals surface area contributed by atoms with E-state index in [2.05, 4.69) is 6.07 Å². The van der Waals surface area contributed by atoms with Crippen molar-refractivity contribution in [3.05, 3.63) is 0 Å². The summed E-state index contributed by atoms with van der Waals surface area (Å²) < 4.78 is 5.40. The topological polar surface area (TPSA) is 50.1 Å². The van der Waals surface area contributed by atoms with E-state index in [4.69, 9.17) is 10.00 Å². The molecule has 0 radical (unpaired) electrons. The van der Waals surface area contributed by atoms with Crippen LogP contribution in [0.3, 0.4) is 0 Å². The van der Waals surface area contributed by atoms with E-state index in [0.29, 0.717) is 18.9 Å². The Kier molecular flexibility index (Phi) is 4.77. The van der Waals surface area contributed by atoms with Gasteiger partial charge in [-0.3, -0.25) is 4.79 Å². The van der Waals surface area contributed by atoms with Gasteiger partial charge >= 0.3 is 0 Å². The Morgan fingerprint density at radius 2 is 2.27 bits per heavy atom. The van der Waals surface area contributed by atoms with Crippen LogP contribution in [0.5, 0.6) is 0 Å². The summed E-state index contributed by atoms with van der Waals surface area (Å²) in [6, 6.07) is 2.10. The van der Waals surface area contributed by atoms with Crippen molar-refractivity contribution in [3.63, 3.8) is 0 Å². The van der Waals surface area contributed by atoms with Crippen molar-refractivity contribution < 1.29 is 9.53 Å². The molecule has 2 atom stereocenters. The van der Waals surface area contributed by atoms with Gasteiger partial charge in [0.25, 0.3) is 0 Å². The van der Waals surface area contributed by atoms with E-state index >= 15 is 0 Å².